The van der Waals surface area contributed by atoms with Gasteiger partial charge in [0, 0.05) is 19.6 Å². The summed E-state index contributed by atoms with van der Waals surface area (Å²) in [5.41, 5.74) is 2.96. The van der Waals surface area contributed by atoms with Crippen LogP contribution in [0.3, 0.4) is 0 Å². The summed E-state index contributed by atoms with van der Waals surface area (Å²) in [4.78, 5) is 34.9. The third-order valence-corrected chi connectivity index (χ3v) is 5.23. The number of rotatable bonds is 5. The summed E-state index contributed by atoms with van der Waals surface area (Å²) in [6.07, 6.45) is 2.58. The van der Waals surface area contributed by atoms with E-state index in [4.69, 9.17) is 4.74 Å². The van der Waals surface area contributed by atoms with Crippen molar-refractivity contribution in [1.82, 2.24) is 24.8 Å². The van der Waals surface area contributed by atoms with Gasteiger partial charge in [0.2, 0.25) is 5.95 Å². The molecule has 162 valence electrons. The molecule has 1 amide bonds. The Morgan fingerprint density at radius 1 is 1.06 bits per heavy atom. The molecule has 1 saturated heterocycles. The van der Waals surface area contributed by atoms with Gasteiger partial charge in [-0.25, -0.2) is 15.0 Å². The van der Waals surface area contributed by atoms with E-state index in [0.29, 0.717) is 28.7 Å². The predicted octanol–water partition coefficient (Wildman–Crippen LogP) is 2.20. The van der Waals surface area contributed by atoms with Crippen LogP contribution in [0.15, 0.2) is 30.5 Å². The van der Waals surface area contributed by atoms with E-state index in [9.17, 15) is 4.79 Å². The van der Waals surface area contributed by atoms with E-state index in [1.165, 1.54) is 6.20 Å². The first-order chi connectivity index (χ1) is 15.0. The highest BCUT2D eigenvalue weighted by molar-refractivity contribution is 5.91. The molecule has 31 heavy (non-hydrogen) atoms. The van der Waals surface area contributed by atoms with Crippen LogP contribution in [0, 0.1) is 13.8 Å². The highest BCUT2D eigenvalue weighted by Crippen LogP contribution is 2.19. The van der Waals surface area contributed by atoms with E-state index in [1.807, 2.05) is 38.1 Å². The van der Waals surface area contributed by atoms with Gasteiger partial charge in [-0.15, -0.1) is 0 Å². The van der Waals surface area contributed by atoms with Crippen molar-refractivity contribution in [2.45, 2.75) is 20.3 Å². The fourth-order valence-electron chi connectivity index (χ4n) is 3.44. The van der Waals surface area contributed by atoms with E-state index in [-0.39, 0.29) is 12.5 Å². The summed E-state index contributed by atoms with van der Waals surface area (Å²) in [5, 5.41) is 2.72. The topological polar surface area (TPSA) is 96.4 Å². The first-order valence-electron chi connectivity index (χ1n) is 10.4. The average molecular weight is 422 g/mol. The quantitative estimate of drug-likeness (QED) is 0.670. The van der Waals surface area contributed by atoms with E-state index < -0.39 is 0 Å². The molecule has 0 atom stereocenters. The molecule has 4 rings (SSSR count). The molecule has 1 N–H and O–H groups in total. The van der Waals surface area contributed by atoms with Gasteiger partial charge in [-0.2, -0.15) is 4.98 Å². The number of aryl methyl sites for hydroxylation is 2. The van der Waals surface area contributed by atoms with E-state index in [1.54, 1.807) is 0 Å². The smallest absolute Gasteiger partial charge is 0.263 e. The molecule has 0 radical (unpaired) electrons. The van der Waals surface area contributed by atoms with Crippen LogP contribution in [0.2, 0.25) is 0 Å². The molecular weight excluding hydrogens is 394 g/mol. The fraction of sp³-hybridized carbons (Fsp3) is 0.409. The number of carbonyl (C=O) groups is 1. The summed E-state index contributed by atoms with van der Waals surface area (Å²) in [5.74, 6) is 1.36. The number of amides is 1. The SMILES string of the molecule is Cc1ccc(OCC(=O)Nc2cnc3nc(N4CCCN(C)CC4)nc(C)c3n2)cc1. The van der Waals surface area contributed by atoms with Gasteiger partial charge in [0.1, 0.15) is 11.3 Å². The van der Waals surface area contributed by atoms with Crippen molar-refractivity contribution in [3.05, 3.63) is 41.7 Å². The number of hydrogen-bond acceptors (Lipinski definition) is 8. The molecule has 0 unspecified atom stereocenters. The third-order valence-electron chi connectivity index (χ3n) is 5.23. The van der Waals surface area contributed by atoms with Crippen molar-refractivity contribution in [3.63, 3.8) is 0 Å². The Labute approximate surface area is 181 Å². The van der Waals surface area contributed by atoms with Crippen LogP contribution in [-0.2, 0) is 4.79 Å². The van der Waals surface area contributed by atoms with Crippen molar-refractivity contribution in [2.75, 3.05) is 50.1 Å². The number of fused-ring (bicyclic) bond motifs is 1. The molecule has 2 aromatic heterocycles. The second-order valence-electron chi connectivity index (χ2n) is 7.83. The minimum Gasteiger partial charge on any atom is -0.484 e. The lowest BCUT2D eigenvalue weighted by Crippen LogP contribution is -2.30. The number of benzene rings is 1. The van der Waals surface area contributed by atoms with Gasteiger partial charge in [0.25, 0.3) is 5.91 Å². The summed E-state index contributed by atoms with van der Waals surface area (Å²) >= 11 is 0. The second-order valence-corrected chi connectivity index (χ2v) is 7.83. The zero-order valence-electron chi connectivity index (χ0n) is 18.1. The maximum atomic E-state index is 12.2. The zero-order chi connectivity index (χ0) is 21.8. The highest BCUT2D eigenvalue weighted by atomic mass is 16.5. The molecule has 9 heteroatoms. The fourth-order valence-corrected chi connectivity index (χ4v) is 3.44. The number of nitrogens with one attached hydrogen (secondary N) is 1. The van der Waals surface area contributed by atoms with Crippen LogP contribution in [0.5, 0.6) is 5.75 Å². The van der Waals surface area contributed by atoms with E-state index in [2.05, 4.69) is 42.1 Å². The Morgan fingerprint density at radius 3 is 2.68 bits per heavy atom. The third kappa shape index (κ3) is 5.24. The Kier molecular flexibility index (Phi) is 6.22. The molecule has 3 aromatic rings. The first-order valence-corrected chi connectivity index (χ1v) is 10.4. The lowest BCUT2D eigenvalue weighted by molar-refractivity contribution is -0.118. The van der Waals surface area contributed by atoms with Gasteiger partial charge in [-0.3, -0.25) is 4.79 Å². The van der Waals surface area contributed by atoms with Crippen LogP contribution in [0.25, 0.3) is 11.2 Å². The Hall–Kier alpha value is -3.33. The van der Waals surface area contributed by atoms with Crippen molar-refractivity contribution in [3.8, 4) is 5.75 Å². The maximum absolute atomic E-state index is 12.2. The molecule has 1 aliphatic heterocycles. The van der Waals surface area contributed by atoms with Crippen LogP contribution < -0.4 is 15.0 Å². The molecule has 0 aliphatic carbocycles. The molecule has 1 aromatic carbocycles. The molecule has 1 fully saturated rings. The first kappa shape index (κ1) is 20.9. The molecular formula is C22H27N7O2. The Morgan fingerprint density at radius 2 is 1.87 bits per heavy atom. The van der Waals surface area contributed by atoms with Crippen LogP contribution >= 0.6 is 0 Å². The number of anilines is 2. The summed E-state index contributed by atoms with van der Waals surface area (Å²) in [7, 11) is 2.13. The Bertz CT molecular complexity index is 1070. The van der Waals surface area contributed by atoms with Crippen molar-refractivity contribution in [2.24, 2.45) is 0 Å². The predicted molar refractivity (Wildman–Crippen MR) is 119 cm³/mol. The molecule has 0 saturated carbocycles. The maximum Gasteiger partial charge on any atom is 0.263 e. The zero-order valence-corrected chi connectivity index (χ0v) is 18.1. The second kappa shape index (κ2) is 9.22. The lowest BCUT2D eigenvalue weighted by atomic mass is 10.2. The van der Waals surface area contributed by atoms with E-state index >= 15 is 0 Å². The van der Waals surface area contributed by atoms with Gasteiger partial charge in [-0.1, -0.05) is 17.7 Å². The number of nitrogens with zero attached hydrogens (tertiary/aromatic N) is 6. The van der Waals surface area contributed by atoms with Crippen molar-refractivity contribution >= 4 is 28.8 Å². The minimum absolute atomic E-state index is 0.111. The van der Waals surface area contributed by atoms with Crippen LogP contribution in [-0.4, -0.2) is 70.6 Å². The molecule has 1 aliphatic rings. The van der Waals surface area contributed by atoms with Crippen LogP contribution in [0.4, 0.5) is 11.8 Å². The molecule has 3 heterocycles. The molecule has 0 spiro atoms. The van der Waals surface area contributed by atoms with Crippen LogP contribution in [0.1, 0.15) is 17.7 Å². The summed E-state index contributed by atoms with van der Waals surface area (Å²) in [6.45, 7) is 7.61. The van der Waals surface area contributed by atoms with Gasteiger partial charge in [-0.05, 0) is 46.0 Å². The van der Waals surface area contributed by atoms with Gasteiger partial charge < -0.3 is 19.9 Å². The monoisotopic (exact) mass is 421 g/mol. The number of aromatic nitrogens is 4. The molecule has 9 nitrogen and oxygen atoms in total. The summed E-state index contributed by atoms with van der Waals surface area (Å²) < 4.78 is 5.51. The van der Waals surface area contributed by atoms with Crippen molar-refractivity contribution < 1.29 is 9.53 Å². The number of hydrogen-bond donors (Lipinski definition) is 1. The lowest BCUT2D eigenvalue weighted by Gasteiger charge is -2.21. The largest absolute Gasteiger partial charge is 0.484 e. The number of carbonyl (C=O) groups excluding carboxylic acids is 1. The van der Waals surface area contributed by atoms with Gasteiger partial charge >= 0.3 is 0 Å². The number of ether oxygens (including phenoxy) is 1. The highest BCUT2D eigenvalue weighted by Gasteiger charge is 2.17. The van der Waals surface area contributed by atoms with Gasteiger partial charge in [0.15, 0.2) is 18.1 Å². The van der Waals surface area contributed by atoms with Gasteiger partial charge in [0.05, 0.1) is 11.9 Å². The normalized spacial score (nSPS) is 15.0. The summed E-state index contributed by atoms with van der Waals surface area (Å²) in [6, 6.07) is 7.53. The number of likely N-dealkylation sites (N-methyl/N-ethyl adjacent to an activating group) is 1. The van der Waals surface area contributed by atoms with Crippen molar-refractivity contribution in [1.29, 1.82) is 0 Å². The Balaban J connectivity index is 1.44. The minimum atomic E-state index is -0.307. The standard InChI is InChI=1S/C22H27N7O2/c1-15-5-7-17(8-6-15)31-14-19(30)25-18-13-23-21-20(26-18)16(2)24-22(27-21)29-10-4-9-28(3)11-12-29/h5-8,13H,4,9-12,14H2,1-3H3,(H,25,26,30). The molecule has 0 bridgehead atoms. The average Bonchev–Trinajstić information content (AvgIpc) is 2.98. The van der Waals surface area contributed by atoms with E-state index in [0.717, 1.165) is 43.9 Å².